The number of nitro groups is 1. The molecule has 15 heteroatoms. The first-order valence-corrected chi connectivity index (χ1v) is 14.6. The van der Waals surface area contributed by atoms with E-state index >= 15 is 0 Å². The summed E-state index contributed by atoms with van der Waals surface area (Å²) in [6, 6.07) is 17.4. The van der Waals surface area contributed by atoms with Crippen molar-refractivity contribution in [1.29, 1.82) is 0 Å². The van der Waals surface area contributed by atoms with Gasteiger partial charge in [0.15, 0.2) is 6.17 Å². The standard InChI is InChI=1S/C30H31Cl2N7O6/c1-30(2)27(38(43)28(41)34-23-11-6-9-21(31)17-23)37(24-12-7-10-22(32)18-24)29(42)36(30)15-4-3-14-26(40)35-33-19-20-8-5-13-25(16-20)39(44)45/h5-13,16-19,27,43H,3-4,14-15H2,1-2H3,(H,34,41)(H,35,40). The number of hydroxylamine groups is 2. The highest BCUT2D eigenvalue weighted by Gasteiger charge is 2.55. The summed E-state index contributed by atoms with van der Waals surface area (Å²) >= 11 is 12.2. The van der Waals surface area contributed by atoms with E-state index < -0.39 is 28.7 Å². The molecule has 1 aliphatic heterocycles. The number of nitrogens with one attached hydrogen (secondary N) is 2. The first-order chi connectivity index (χ1) is 21.4. The van der Waals surface area contributed by atoms with Gasteiger partial charge in [-0.2, -0.15) is 10.2 Å². The van der Waals surface area contributed by atoms with Crippen LogP contribution in [0, 0.1) is 10.1 Å². The molecule has 1 saturated heterocycles. The largest absolute Gasteiger partial charge is 0.347 e. The minimum Gasteiger partial charge on any atom is -0.315 e. The molecule has 3 aromatic rings. The molecule has 3 aromatic carbocycles. The Morgan fingerprint density at radius 3 is 2.44 bits per heavy atom. The molecule has 1 unspecified atom stereocenters. The van der Waals surface area contributed by atoms with Gasteiger partial charge < -0.3 is 10.2 Å². The van der Waals surface area contributed by atoms with Crippen molar-refractivity contribution in [3.05, 3.63) is 98.5 Å². The molecule has 3 N–H and O–H groups in total. The van der Waals surface area contributed by atoms with Gasteiger partial charge in [0.1, 0.15) is 0 Å². The fourth-order valence-electron chi connectivity index (χ4n) is 4.97. The summed E-state index contributed by atoms with van der Waals surface area (Å²) in [5, 5.41) is 29.8. The van der Waals surface area contributed by atoms with Gasteiger partial charge in [-0.25, -0.2) is 15.0 Å². The highest BCUT2D eigenvalue weighted by Crippen LogP contribution is 2.39. The highest BCUT2D eigenvalue weighted by atomic mass is 35.5. The summed E-state index contributed by atoms with van der Waals surface area (Å²) in [7, 11) is 0. The number of benzene rings is 3. The van der Waals surface area contributed by atoms with Gasteiger partial charge in [0.25, 0.3) is 5.69 Å². The van der Waals surface area contributed by atoms with Crippen LogP contribution in [0.2, 0.25) is 10.0 Å². The molecule has 45 heavy (non-hydrogen) atoms. The molecular formula is C30H31Cl2N7O6. The lowest BCUT2D eigenvalue weighted by Gasteiger charge is -2.38. The van der Waals surface area contributed by atoms with E-state index in [0.717, 1.165) is 0 Å². The number of unbranched alkanes of at least 4 members (excludes halogenated alkanes) is 1. The van der Waals surface area contributed by atoms with Gasteiger partial charge in [-0.05, 0) is 63.1 Å². The molecule has 1 fully saturated rings. The van der Waals surface area contributed by atoms with Crippen LogP contribution in [-0.4, -0.2) is 62.5 Å². The predicted molar refractivity (Wildman–Crippen MR) is 171 cm³/mol. The molecule has 0 radical (unpaired) electrons. The number of nitro benzene ring substituents is 1. The average Bonchev–Trinajstić information content (AvgIpc) is 3.19. The summed E-state index contributed by atoms with van der Waals surface area (Å²) in [5.41, 5.74) is 2.40. The van der Waals surface area contributed by atoms with Gasteiger partial charge in [-0.3, -0.25) is 25.0 Å². The quantitative estimate of drug-likeness (QED) is 0.0703. The number of carbonyl (C=O) groups excluding carboxylic acids is 3. The van der Waals surface area contributed by atoms with Crippen molar-refractivity contribution in [2.75, 3.05) is 16.8 Å². The number of hydrazone groups is 1. The van der Waals surface area contributed by atoms with Crippen LogP contribution in [0.1, 0.15) is 38.7 Å². The summed E-state index contributed by atoms with van der Waals surface area (Å²) in [6.07, 6.45) is 1.08. The van der Waals surface area contributed by atoms with Gasteiger partial charge in [0.2, 0.25) is 5.91 Å². The highest BCUT2D eigenvalue weighted by molar-refractivity contribution is 6.31. The number of nitrogens with zero attached hydrogens (tertiary/aromatic N) is 5. The second-order valence-electron chi connectivity index (χ2n) is 10.7. The smallest absolute Gasteiger partial charge is 0.315 e. The lowest BCUT2D eigenvalue weighted by Crippen LogP contribution is -2.58. The maximum Gasteiger partial charge on any atom is 0.347 e. The molecule has 13 nitrogen and oxygen atoms in total. The van der Waals surface area contributed by atoms with E-state index in [0.29, 0.717) is 44.9 Å². The Morgan fingerprint density at radius 1 is 1.07 bits per heavy atom. The number of hydrogen-bond acceptors (Lipinski definition) is 7. The molecule has 1 heterocycles. The van der Waals surface area contributed by atoms with E-state index in [-0.39, 0.29) is 24.6 Å². The lowest BCUT2D eigenvalue weighted by molar-refractivity contribution is -0.384. The van der Waals surface area contributed by atoms with Crippen LogP contribution >= 0.6 is 23.2 Å². The van der Waals surface area contributed by atoms with Gasteiger partial charge in [0, 0.05) is 52.1 Å². The monoisotopic (exact) mass is 655 g/mol. The molecule has 4 rings (SSSR count). The van der Waals surface area contributed by atoms with E-state index in [2.05, 4.69) is 15.8 Å². The molecular weight excluding hydrogens is 625 g/mol. The third-order valence-electron chi connectivity index (χ3n) is 7.13. The molecule has 0 aromatic heterocycles. The molecule has 1 atom stereocenters. The minimum atomic E-state index is -1.16. The molecule has 0 aliphatic carbocycles. The van der Waals surface area contributed by atoms with Crippen molar-refractivity contribution in [3.63, 3.8) is 0 Å². The number of urea groups is 2. The van der Waals surface area contributed by atoms with Crippen LogP contribution in [0.4, 0.5) is 26.7 Å². The zero-order valence-electron chi connectivity index (χ0n) is 24.4. The van der Waals surface area contributed by atoms with Gasteiger partial charge in [-0.15, -0.1) is 0 Å². The second-order valence-corrected chi connectivity index (χ2v) is 11.6. The summed E-state index contributed by atoms with van der Waals surface area (Å²) in [6.45, 7) is 3.67. The number of hydrogen-bond donors (Lipinski definition) is 3. The van der Waals surface area contributed by atoms with Crippen molar-refractivity contribution in [2.24, 2.45) is 5.10 Å². The number of non-ortho nitro benzene ring substituents is 1. The van der Waals surface area contributed by atoms with Crippen LogP contribution < -0.4 is 15.6 Å². The Balaban J connectivity index is 1.42. The van der Waals surface area contributed by atoms with Crippen LogP contribution in [0.5, 0.6) is 0 Å². The SMILES string of the molecule is CC1(C)C(N(O)C(=O)Nc2cccc(Cl)c2)N(c2cccc(Cl)c2)C(=O)N1CCCCC(=O)NN=Cc1cccc([N+](=O)[O-])c1. The lowest BCUT2D eigenvalue weighted by atomic mass is 9.99. The van der Waals surface area contributed by atoms with E-state index in [1.165, 1.54) is 40.3 Å². The van der Waals surface area contributed by atoms with E-state index in [4.69, 9.17) is 23.2 Å². The Labute approximate surface area is 269 Å². The van der Waals surface area contributed by atoms with Crippen LogP contribution in [-0.2, 0) is 4.79 Å². The molecule has 1 aliphatic rings. The normalized spacial score (nSPS) is 15.8. The van der Waals surface area contributed by atoms with Crippen molar-refractivity contribution in [1.82, 2.24) is 15.4 Å². The molecule has 5 amide bonds. The van der Waals surface area contributed by atoms with Crippen molar-refractivity contribution in [2.45, 2.75) is 44.8 Å². The third kappa shape index (κ3) is 8.06. The number of halogens is 2. The Bertz CT molecular complexity index is 1620. The average molecular weight is 657 g/mol. The van der Waals surface area contributed by atoms with E-state index in [9.17, 15) is 29.7 Å². The van der Waals surface area contributed by atoms with Crippen molar-refractivity contribution >= 4 is 64.4 Å². The van der Waals surface area contributed by atoms with Crippen LogP contribution in [0.15, 0.2) is 77.9 Å². The van der Waals surface area contributed by atoms with Gasteiger partial charge in [-0.1, -0.05) is 47.5 Å². The zero-order valence-corrected chi connectivity index (χ0v) is 25.9. The fraction of sp³-hybridized carbons (Fsp3) is 0.267. The fourth-order valence-corrected chi connectivity index (χ4v) is 5.35. The Hall–Kier alpha value is -4.72. The molecule has 236 valence electrons. The summed E-state index contributed by atoms with van der Waals surface area (Å²) in [5.74, 6) is -0.374. The molecule has 0 saturated carbocycles. The first-order valence-electron chi connectivity index (χ1n) is 13.9. The van der Waals surface area contributed by atoms with Gasteiger partial charge >= 0.3 is 12.1 Å². The first kappa shape index (κ1) is 33.2. The number of amides is 5. The maximum absolute atomic E-state index is 13.8. The third-order valence-corrected chi connectivity index (χ3v) is 7.60. The molecule has 0 bridgehead atoms. The number of carbonyl (C=O) groups is 3. The predicted octanol–water partition coefficient (Wildman–Crippen LogP) is 6.49. The zero-order chi connectivity index (χ0) is 32.7. The van der Waals surface area contributed by atoms with E-state index in [1.54, 1.807) is 62.4 Å². The Kier molecular flexibility index (Phi) is 10.6. The van der Waals surface area contributed by atoms with Gasteiger partial charge in [0.05, 0.1) is 16.7 Å². The Morgan fingerprint density at radius 2 is 1.76 bits per heavy atom. The number of rotatable bonds is 11. The van der Waals surface area contributed by atoms with Crippen LogP contribution in [0.3, 0.4) is 0 Å². The summed E-state index contributed by atoms with van der Waals surface area (Å²) < 4.78 is 0. The van der Waals surface area contributed by atoms with Crippen molar-refractivity contribution < 1.29 is 24.5 Å². The van der Waals surface area contributed by atoms with E-state index in [1.807, 2.05) is 0 Å². The maximum atomic E-state index is 13.8. The van der Waals surface area contributed by atoms with Crippen molar-refractivity contribution in [3.8, 4) is 0 Å². The topological polar surface area (TPSA) is 161 Å². The van der Waals surface area contributed by atoms with Crippen LogP contribution in [0.25, 0.3) is 0 Å². The minimum absolute atomic E-state index is 0.0908. The molecule has 0 spiro atoms. The number of anilines is 2. The summed E-state index contributed by atoms with van der Waals surface area (Å²) in [4.78, 5) is 52.6. The second kappa shape index (κ2) is 14.4.